The molecule has 1 unspecified atom stereocenters. The van der Waals surface area contributed by atoms with Crippen LogP contribution in [0.5, 0.6) is 22.3 Å². The van der Waals surface area contributed by atoms with Crippen LogP contribution in [0.15, 0.2) is 66.7 Å². The highest BCUT2D eigenvalue weighted by Gasteiger charge is 2.58. The number of hydrogen-bond donors (Lipinski definition) is 2. The number of aliphatic carboxylic acids is 1. The molecule has 2 N–H and O–H groups in total. The lowest BCUT2D eigenvalue weighted by atomic mass is 9.91. The van der Waals surface area contributed by atoms with Crippen LogP contribution in [0.4, 0.5) is 0 Å². The number of hydrogen-bond acceptors (Lipinski definition) is 9. The number of nitrogens with zero attached hydrogens (tertiary/aromatic N) is 2. The van der Waals surface area contributed by atoms with Gasteiger partial charge in [-0.05, 0) is 92.4 Å². The fourth-order valence-electron chi connectivity index (χ4n) is 5.71. The molecule has 2 aliphatic rings. The first-order valence-electron chi connectivity index (χ1n) is 14.4. The molecule has 1 saturated carbocycles. The molecule has 224 valence electrons. The molecule has 1 aromatic heterocycles. The number of carbonyl (C=O) groups is 1. The second kappa shape index (κ2) is 12.1. The number of ether oxygens (including phenoxy) is 2. The van der Waals surface area contributed by atoms with E-state index in [0.717, 1.165) is 46.6 Å². The first kappa shape index (κ1) is 28.8. The Hall–Kier alpha value is -4.35. The molecule has 1 saturated heterocycles. The van der Waals surface area contributed by atoms with E-state index in [-0.39, 0.29) is 5.75 Å². The maximum Gasteiger partial charge on any atom is 0.312 e. The molecule has 0 radical (unpaired) electrons. The van der Waals surface area contributed by atoms with Crippen molar-refractivity contribution in [1.29, 1.82) is 0 Å². The van der Waals surface area contributed by atoms with E-state index in [1.165, 1.54) is 30.6 Å². The molecule has 2 fully saturated rings. The van der Waals surface area contributed by atoms with Crippen molar-refractivity contribution < 1.29 is 34.4 Å². The molecule has 1 aliphatic heterocycles. The molecular formula is C32H32N2O8S. The van der Waals surface area contributed by atoms with Crippen molar-refractivity contribution in [3.05, 3.63) is 82.4 Å². The summed E-state index contributed by atoms with van der Waals surface area (Å²) in [5, 5.41) is 31.6. The van der Waals surface area contributed by atoms with Crippen molar-refractivity contribution in [3.8, 4) is 33.4 Å². The zero-order chi connectivity index (χ0) is 30.0. The van der Waals surface area contributed by atoms with Crippen LogP contribution in [0.2, 0.25) is 0 Å². The Morgan fingerprint density at radius 3 is 2.35 bits per heavy atom. The minimum atomic E-state index is -1.31. The molecular weight excluding hydrogens is 572 g/mol. The molecule has 2 heterocycles. The third kappa shape index (κ3) is 6.23. The van der Waals surface area contributed by atoms with Gasteiger partial charge in [-0.3, -0.25) is 9.69 Å². The van der Waals surface area contributed by atoms with Gasteiger partial charge in [-0.25, -0.2) is 0 Å². The van der Waals surface area contributed by atoms with Crippen LogP contribution >= 0.6 is 11.3 Å². The number of piperidine rings is 1. The highest BCUT2D eigenvalue weighted by Crippen LogP contribution is 2.57. The number of carboxylic acids is 1. The van der Waals surface area contributed by atoms with Gasteiger partial charge in [-0.2, -0.15) is 0 Å². The van der Waals surface area contributed by atoms with Crippen LogP contribution in [0.1, 0.15) is 43.8 Å². The summed E-state index contributed by atoms with van der Waals surface area (Å²) in [5.41, 5.74) is 0.669. The molecule has 4 aromatic rings. The first-order valence-corrected chi connectivity index (χ1v) is 15.2. The Morgan fingerprint density at radius 2 is 1.70 bits per heavy atom. The largest absolute Gasteiger partial charge is 0.508 e. The van der Waals surface area contributed by atoms with Crippen LogP contribution in [0, 0.1) is 15.5 Å². The number of aromatic hydroxyl groups is 1. The van der Waals surface area contributed by atoms with E-state index in [2.05, 4.69) is 4.90 Å². The minimum Gasteiger partial charge on any atom is -0.508 e. The van der Waals surface area contributed by atoms with Crippen LogP contribution in [0.25, 0.3) is 21.2 Å². The number of thiophene rings is 1. The summed E-state index contributed by atoms with van der Waals surface area (Å²) in [7, 11) is 0. The Morgan fingerprint density at radius 1 is 1.00 bits per heavy atom. The van der Waals surface area contributed by atoms with Crippen molar-refractivity contribution in [2.75, 3.05) is 26.2 Å². The van der Waals surface area contributed by atoms with Gasteiger partial charge in [0.1, 0.15) is 30.0 Å². The normalized spacial score (nSPS) is 16.8. The van der Waals surface area contributed by atoms with Gasteiger partial charge in [-0.15, -0.1) is 10.1 Å². The zero-order valence-electron chi connectivity index (χ0n) is 23.4. The van der Waals surface area contributed by atoms with Gasteiger partial charge in [0.2, 0.25) is 0 Å². The monoisotopic (exact) mass is 604 g/mol. The summed E-state index contributed by atoms with van der Waals surface area (Å²) in [5.74, 6) is 0.411. The van der Waals surface area contributed by atoms with Gasteiger partial charge in [0.15, 0.2) is 5.06 Å². The molecule has 10 nitrogen and oxygen atoms in total. The number of phenolic OH excluding ortho intramolecular Hbond substituents is 1. The number of likely N-dealkylation sites (tertiary alicyclic amines) is 1. The van der Waals surface area contributed by atoms with Crippen LogP contribution in [-0.4, -0.2) is 52.4 Å². The van der Waals surface area contributed by atoms with Crippen LogP contribution in [0.3, 0.4) is 0 Å². The highest BCUT2D eigenvalue weighted by molar-refractivity contribution is 7.21. The lowest BCUT2D eigenvalue weighted by molar-refractivity contribution is -0.773. The Balaban J connectivity index is 1.23. The third-order valence-electron chi connectivity index (χ3n) is 8.21. The van der Waals surface area contributed by atoms with E-state index in [4.69, 9.17) is 14.3 Å². The van der Waals surface area contributed by atoms with E-state index in [9.17, 15) is 25.1 Å². The second-order valence-electron chi connectivity index (χ2n) is 11.1. The molecule has 11 heteroatoms. The van der Waals surface area contributed by atoms with Gasteiger partial charge in [0, 0.05) is 22.2 Å². The predicted octanol–water partition coefficient (Wildman–Crippen LogP) is 7.05. The lowest BCUT2D eigenvalue weighted by Gasteiger charge is -2.26. The van der Waals surface area contributed by atoms with E-state index in [1.807, 2.05) is 30.3 Å². The molecule has 0 amide bonds. The maximum absolute atomic E-state index is 11.9. The number of phenols is 1. The van der Waals surface area contributed by atoms with Crippen molar-refractivity contribution in [2.45, 2.75) is 38.2 Å². The van der Waals surface area contributed by atoms with Crippen molar-refractivity contribution in [2.24, 2.45) is 5.41 Å². The number of carboxylic acid groups (broad SMARTS) is 1. The molecule has 0 spiro atoms. The molecule has 43 heavy (non-hydrogen) atoms. The lowest BCUT2D eigenvalue weighted by Crippen LogP contribution is -2.33. The smallest absolute Gasteiger partial charge is 0.312 e. The number of fused-ring (bicyclic) bond motifs is 1. The molecule has 0 bridgehead atoms. The standard InChI is InChI=1S/C32H32N2O8S/c35-23-8-13-26-27(20-23)43-30(41-25-11-9-24(10-12-25)40-19-18-33-16-2-1-3-17-33)28(26)21-4-6-22(7-5-21)29(42-34(38)39)32(14-15-32)31(36)37/h4-13,20,29,35H,1-3,14-19H2,(H,36,37). The van der Waals surface area contributed by atoms with Crippen molar-refractivity contribution in [1.82, 2.24) is 4.90 Å². The summed E-state index contributed by atoms with van der Waals surface area (Å²) in [6.07, 6.45) is 3.21. The quantitative estimate of drug-likeness (QED) is 0.129. The zero-order valence-corrected chi connectivity index (χ0v) is 24.3. The van der Waals surface area contributed by atoms with Crippen molar-refractivity contribution >= 4 is 27.4 Å². The summed E-state index contributed by atoms with van der Waals surface area (Å²) < 4.78 is 13.1. The maximum atomic E-state index is 11.9. The van der Waals surface area contributed by atoms with Gasteiger partial charge in [-0.1, -0.05) is 42.0 Å². The van der Waals surface area contributed by atoms with Gasteiger partial charge in [0.25, 0.3) is 5.09 Å². The summed E-state index contributed by atoms with van der Waals surface area (Å²) in [4.78, 5) is 30.4. The van der Waals surface area contributed by atoms with E-state index in [1.54, 1.807) is 36.4 Å². The highest BCUT2D eigenvalue weighted by atomic mass is 32.1. The van der Waals surface area contributed by atoms with E-state index < -0.39 is 22.6 Å². The molecule has 1 atom stereocenters. The second-order valence-corrected chi connectivity index (χ2v) is 12.1. The summed E-state index contributed by atoms with van der Waals surface area (Å²) in [6, 6.07) is 19.5. The minimum absolute atomic E-state index is 0.136. The summed E-state index contributed by atoms with van der Waals surface area (Å²) >= 11 is 1.39. The molecule has 3 aromatic carbocycles. The fourth-order valence-corrected chi connectivity index (χ4v) is 6.84. The van der Waals surface area contributed by atoms with Gasteiger partial charge in [0.05, 0.1) is 5.41 Å². The van der Waals surface area contributed by atoms with Crippen LogP contribution < -0.4 is 9.47 Å². The fraction of sp³-hybridized carbons (Fsp3) is 0.344. The van der Waals surface area contributed by atoms with E-state index in [0.29, 0.717) is 35.8 Å². The van der Waals surface area contributed by atoms with Crippen molar-refractivity contribution in [3.63, 3.8) is 0 Å². The Bertz CT molecular complexity index is 1610. The average Bonchev–Trinajstić information content (AvgIpc) is 3.74. The predicted molar refractivity (Wildman–Crippen MR) is 161 cm³/mol. The first-order chi connectivity index (χ1) is 20.8. The molecule has 6 rings (SSSR count). The SMILES string of the molecule is O=C(O)C1(C(O[N+](=O)[O-])c2ccc(-c3c(Oc4ccc(OCCN5CCCCC5)cc4)sc4cc(O)ccc34)cc2)CC1. The number of benzene rings is 3. The Kier molecular flexibility index (Phi) is 8.09. The molecule has 1 aliphatic carbocycles. The van der Waals surface area contributed by atoms with Gasteiger partial charge < -0.3 is 24.5 Å². The summed E-state index contributed by atoms with van der Waals surface area (Å²) in [6.45, 7) is 3.79. The van der Waals surface area contributed by atoms with Gasteiger partial charge >= 0.3 is 5.97 Å². The average molecular weight is 605 g/mol. The third-order valence-corrected chi connectivity index (χ3v) is 9.24. The van der Waals surface area contributed by atoms with E-state index >= 15 is 0 Å². The van der Waals surface area contributed by atoms with Crippen LogP contribution in [-0.2, 0) is 9.63 Å². The number of rotatable bonds is 12. The topological polar surface area (TPSA) is 132 Å². The Labute approximate surface area is 252 Å².